The molecule has 2 unspecified atom stereocenters. The van der Waals surface area contributed by atoms with E-state index in [-0.39, 0.29) is 11.5 Å². The lowest BCUT2D eigenvalue weighted by atomic mass is 9.66. The van der Waals surface area contributed by atoms with Crippen molar-refractivity contribution in [2.24, 2.45) is 41.4 Å². The third-order valence-electron chi connectivity index (χ3n) is 10.5. The van der Waals surface area contributed by atoms with Crippen LogP contribution in [-0.2, 0) is 14.2 Å². The maximum absolute atomic E-state index is 14.1. The predicted octanol–water partition coefficient (Wildman–Crippen LogP) is 9.23. The summed E-state index contributed by atoms with van der Waals surface area (Å²) >= 11 is 0. The van der Waals surface area contributed by atoms with Gasteiger partial charge in [0, 0.05) is 0 Å². The summed E-state index contributed by atoms with van der Waals surface area (Å²) in [5, 5.41) is 0. The maximum atomic E-state index is 14.1. The van der Waals surface area contributed by atoms with Crippen LogP contribution in [-0.4, -0.2) is 26.4 Å². The highest BCUT2D eigenvalue weighted by Crippen LogP contribution is 2.45. The van der Waals surface area contributed by atoms with Gasteiger partial charge in [-0.1, -0.05) is 19.2 Å². The summed E-state index contributed by atoms with van der Waals surface area (Å²) in [6.07, 6.45) is 20.6. The minimum Gasteiger partial charge on any atom is -0.494 e. The van der Waals surface area contributed by atoms with Crippen LogP contribution in [0.2, 0.25) is 0 Å². The van der Waals surface area contributed by atoms with Gasteiger partial charge in [0.05, 0.1) is 26.4 Å². The number of hydrogen-bond donors (Lipinski definition) is 0. The number of halogens is 2. The second-order valence-corrected chi connectivity index (χ2v) is 12.6. The summed E-state index contributed by atoms with van der Waals surface area (Å²) in [6.45, 7) is 12.2. The number of rotatable bonds is 10. The van der Waals surface area contributed by atoms with E-state index < -0.39 is 11.7 Å². The molecule has 3 saturated carbocycles. The summed E-state index contributed by atoms with van der Waals surface area (Å²) in [5.74, 6) is 2.29. The molecule has 3 aliphatic carbocycles. The van der Waals surface area contributed by atoms with E-state index >= 15 is 0 Å². The SMILES string of the molecule is C=CC1CCC(C2CCC(C3CCC(C4CCC(COC(=C)/C(F)=C(/F)C(=C)OC)CC4)OC3)CC2)CC1. The fraction of sp³-hybridized carbons (Fsp3) is 0.758. The molecule has 1 heterocycles. The van der Waals surface area contributed by atoms with E-state index in [4.69, 9.17) is 9.47 Å². The molecule has 0 spiro atoms. The number of allylic oxidation sites excluding steroid dienone is 3. The Labute approximate surface area is 229 Å². The molecule has 1 aliphatic heterocycles. The molecule has 4 fully saturated rings. The van der Waals surface area contributed by atoms with Crippen LogP contribution in [0, 0.1) is 41.4 Å². The minimum absolute atomic E-state index is 0.293. The van der Waals surface area contributed by atoms with Crippen LogP contribution < -0.4 is 0 Å². The van der Waals surface area contributed by atoms with Crippen molar-refractivity contribution >= 4 is 0 Å². The number of methoxy groups -OCH3 is 1. The molecule has 0 amide bonds. The lowest BCUT2D eigenvalue weighted by Crippen LogP contribution is -2.38. The zero-order chi connectivity index (χ0) is 27.1. The Morgan fingerprint density at radius 1 is 0.711 bits per heavy atom. The average molecular weight is 533 g/mol. The highest BCUT2D eigenvalue weighted by atomic mass is 19.2. The van der Waals surface area contributed by atoms with Gasteiger partial charge >= 0.3 is 0 Å². The first-order valence-corrected chi connectivity index (χ1v) is 15.2. The third-order valence-corrected chi connectivity index (χ3v) is 10.5. The topological polar surface area (TPSA) is 27.7 Å². The first-order chi connectivity index (χ1) is 18.4. The van der Waals surface area contributed by atoms with E-state index in [0.717, 1.165) is 61.9 Å². The van der Waals surface area contributed by atoms with Crippen molar-refractivity contribution < 1.29 is 23.0 Å². The van der Waals surface area contributed by atoms with E-state index in [9.17, 15) is 8.78 Å². The molecule has 0 aromatic carbocycles. The first kappa shape index (κ1) is 29.4. The number of ether oxygens (including phenoxy) is 3. The Balaban J connectivity index is 1.11. The van der Waals surface area contributed by atoms with Crippen LogP contribution in [0.1, 0.15) is 89.9 Å². The second kappa shape index (κ2) is 14.1. The zero-order valence-electron chi connectivity index (χ0n) is 23.6. The van der Waals surface area contributed by atoms with Gasteiger partial charge in [-0.15, -0.1) is 6.58 Å². The molecule has 4 aliphatic rings. The Hall–Kier alpha value is -1.62. The highest BCUT2D eigenvalue weighted by molar-refractivity contribution is 5.29. The highest BCUT2D eigenvalue weighted by Gasteiger charge is 2.37. The smallest absolute Gasteiger partial charge is 0.203 e. The molecule has 0 radical (unpaired) electrons. The van der Waals surface area contributed by atoms with Crippen molar-refractivity contribution in [3.05, 3.63) is 49.0 Å². The summed E-state index contributed by atoms with van der Waals surface area (Å²) in [7, 11) is 1.25. The first-order valence-electron chi connectivity index (χ1n) is 15.2. The van der Waals surface area contributed by atoms with Gasteiger partial charge in [-0.05, 0) is 131 Å². The largest absolute Gasteiger partial charge is 0.494 e. The van der Waals surface area contributed by atoms with Crippen LogP contribution in [0.4, 0.5) is 8.78 Å². The predicted molar refractivity (Wildman–Crippen MR) is 149 cm³/mol. The van der Waals surface area contributed by atoms with E-state index in [1.807, 2.05) is 0 Å². The zero-order valence-corrected chi connectivity index (χ0v) is 23.6. The molecule has 0 aromatic rings. The van der Waals surface area contributed by atoms with Gasteiger partial charge in [-0.25, -0.2) is 0 Å². The molecule has 38 heavy (non-hydrogen) atoms. The van der Waals surface area contributed by atoms with E-state index in [2.05, 4.69) is 30.5 Å². The van der Waals surface area contributed by atoms with Crippen molar-refractivity contribution in [3.63, 3.8) is 0 Å². The second-order valence-electron chi connectivity index (χ2n) is 12.6. The van der Waals surface area contributed by atoms with Gasteiger partial charge < -0.3 is 14.2 Å². The van der Waals surface area contributed by atoms with Crippen molar-refractivity contribution in [2.75, 3.05) is 20.3 Å². The maximum Gasteiger partial charge on any atom is 0.203 e. The molecule has 0 N–H and O–H groups in total. The Morgan fingerprint density at radius 3 is 1.74 bits per heavy atom. The average Bonchev–Trinajstić information content (AvgIpc) is 2.99. The van der Waals surface area contributed by atoms with E-state index in [0.29, 0.717) is 24.5 Å². The quantitative estimate of drug-likeness (QED) is 0.159. The molecule has 3 nitrogen and oxygen atoms in total. The van der Waals surface area contributed by atoms with Gasteiger partial charge in [-0.3, -0.25) is 0 Å². The van der Waals surface area contributed by atoms with E-state index in [1.54, 1.807) is 0 Å². The molecule has 5 heteroatoms. The normalized spacial score (nSPS) is 37.0. The van der Waals surface area contributed by atoms with Crippen molar-refractivity contribution in [2.45, 2.75) is 96.0 Å². The molecular formula is C33H50F2O3. The molecule has 2 atom stereocenters. The molecular weight excluding hydrogens is 482 g/mol. The molecule has 214 valence electrons. The Bertz CT molecular complexity index is 819. The van der Waals surface area contributed by atoms with Crippen LogP contribution in [0.5, 0.6) is 0 Å². The monoisotopic (exact) mass is 532 g/mol. The van der Waals surface area contributed by atoms with Crippen LogP contribution >= 0.6 is 0 Å². The van der Waals surface area contributed by atoms with Gasteiger partial charge in [0.15, 0.2) is 11.5 Å². The lowest BCUT2D eigenvalue weighted by Gasteiger charge is -2.43. The molecule has 4 rings (SSSR count). The van der Waals surface area contributed by atoms with Gasteiger partial charge in [0.25, 0.3) is 0 Å². The van der Waals surface area contributed by atoms with Crippen molar-refractivity contribution in [1.29, 1.82) is 0 Å². The third kappa shape index (κ3) is 7.52. The minimum atomic E-state index is -1.16. The Morgan fingerprint density at radius 2 is 1.21 bits per heavy atom. The summed E-state index contributed by atoms with van der Waals surface area (Å²) in [4.78, 5) is 0. The molecule has 0 bridgehead atoms. The standard InChI is InChI=1S/C33H50F2O3/c1-5-24-6-10-26(11-7-24)27-14-16-28(17-15-27)30-18-19-31(38-21-30)29-12-8-25(9-13-29)20-37-23(3)33(35)32(34)22(2)36-4/h5,24-31H,1-3,6-21H2,4H3/b33-32-. The Kier molecular flexibility index (Phi) is 10.9. The van der Waals surface area contributed by atoms with E-state index in [1.165, 1.54) is 71.3 Å². The summed E-state index contributed by atoms with van der Waals surface area (Å²) in [6, 6.07) is 0. The van der Waals surface area contributed by atoms with Gasteiger partial charge in [0.1, 0.15) is 0 Å². The fourth-order valence-corrected chi connectivity index (χ4v) is 7.82. The summed E-state index contributed by atoms with van der Waals surface area (Å²) < 4.78 is 44.6. The van der Waals surface area contributed by atoms with Crippen molar-refractivity contribution in [1.82, 2.24) is 0 Å². The van der Waals surface area contributed by atoms with Gasteiger partial charge in [-0.2, -0.15) is 8.78 Å². The molecule has 0 aromatic heterocycles. The van der Waals surface area contributed by atoms with Crippen LogP contribution in [0.3, 0.4) is 0 Å². The molecule has 1 saturated heterocycles. The summed E-state index contributed by atoms with van der Waals surface area (Å²) in [5.41, 5.74) is 0. The van der Waals surface area contributed by atoms with Crippen LogP contribution in [0.25, 0.3) is 0 Å². The lowest BCUT2D eigenvalue weighted by molar-refractivity contribution is -0.0760. The van der Waals surface area contributed by atoms with Gasteiger partial charge in [0.2, 0.25) is 11.7 Å². The van der Waals surface area contributed by atoms with Crippen LogP contribution in [0.15, 0.2) is 49.0 Å². The fourth-order valence-electron chi connectivity index (χ4n) is 7.82. The van der Waals surface area contributed by atoms with Crippen molar-refractivity contribution in [3.8, 4) is 0 Å². The number of hydrogen-bond acceptors (Lipinski definition) is 3.